The Morgan fingerprint density at radius 3 is 3.07 bits per heavy atom. The predicted molar refractivity (Wildman–Crippen MR) is 51.0 cm³/mol. The van der Waals surface area contributed by atoms with Crippen molar-refractivity contribution in [3.8, 4) is 0 Å². The number of fused-ring (bicyclic) bond motifs is 1. The van der Waals surface area contributed by atoms with Gasteiger partial charge in [-0.05, 0) is 11.6 Å². The van der Waals surface area contributed by atoms with Crippen LogP contribution in [0.25, 0.3) is 0 Å². The first-order chi connectivity index (χ1) is 6.95. The molecule has 0 spiro atoms. The highest BCUT2D eigenvalue weighted by atomic mass is 15.5. The molecule has 1 atom stereocenters. The number of tetrazole rings is 1. The lowest BCUT2D eigenvalue weighted by molar-refractivity contribution is 0.813. The zero-order chi connectivity index (χ0) is 9.38. The fourth-order valence-electron chi connectivity index (χ4n) is 1.83. The summed E-state index contributed by atoms with van der Waals surface area (Å²) in [5.74, 6) is 0.979. The van der Waals surface area contributed by atoms with Crippen LogP contribution in [0.15, 0.2) is 24.3 Å². The molecule has 1 aliphatic heterocycles. The molecule has 0 saturated heterocycles. The second kappa shape index (κ2) is 2.80. The monoisotopic (exact) mass is 187 g/mol. The van der Waals surface area contributed by atoms with Gasteiger partial charge in [0.15, 0.2) is 5.82 Å². The molecule has 1 aromatic carbocycles. The smallest absolute Gasteiger partial charge is 0.183 e. The van der Waals surface area contributed by atoms with Crippen LogP contribution in [0.2, 0.25) is 0 Å². The van der Waals surface area contributed by atoms with Crippen LogP contribution in [0.3, 0.4) is 0 Å². The van der Waals surface area contributed by atoms with Crippen molar-refractivity contribution in [3.05, 3.63) is 35.7 Å². The predicted octanol–water partition coefficient (Wildman–Crippen LogP) is 0.757. The maximum atomic E-state index is 4.01. The van der Waals surface area contributed by atoms with E-state index in [1.165, 1.54) is 11.3 Å². The van der Waals surface area contributed by atoms with Crippen LogP contribution in [0.1, 0.15) is 17.3 Å². The molecule has 0 amide bonds. The average molecular weight is 187 g/mol. The Labute approximate surface area is 80.5 Å². The van der Waals surface area contributed by atoms with E-state index in [0.29, 0.717) is 0 Å². The molecule has 0 saturated carbocycles. The Bertz CT molecular complexity index is 436. The minimum absolute atomic E-state index is 0.227. The second-order valence-electron chi connectivity index (χ2n) is 3.29. The minimum atomic E-state index is 0.227. The van der Waals surface area contributed by atoms with Gasteiger partial charge in [0, 0.05) is 12.2 Å². The normalized spacial score (nSPS) is 19.0. The summed E-state index contributed by atoms with van der Waals surface area (Å²) in [5, 5.41) is 17.4. The van der Waals surface area contributed by atoms with E-state index >= 15 is 0 Å². The van der Waals surface area contributed by atoms with Crippen molar-refractivity contribution in [2.45, 2.75) is 5.92 Å². The Kier molecular flexibility index (Phi) is 1.50. The molecule has 2 heterocycles. The van der Waals surface area contributed by atoms with Crippen LogP contribution in [-0.2, 0) is 0 Å². The first kappa shape index (κ1) is 7.49. The van der Waals surface area contributed by atoms with Crippen molar-refractivity contribution in [1.82, 2.24) is 20.6 Å². The summed E-state index contributed by atoms with van der Waals surface area (Å²) >= 11 is 0. The minimum Gasteiger partial charge on any atom is -0.384 e. The van der Waals surface area contributed by atoms with Gasteiger partial charge in [-0.2, -0.15) is 5.21 Å². The van der Waals surface area contributed by atoms with E-state index in [4.69, 9.17) is 0 Å². The number of nitrogens with one attached hydrogen (secondary N) is 2. The summed E-state index contributed by atoms with van der Waals surface area (Å²) in [5.41, 5.74) is 2.41. The lowest BCUT2D eigenvalue weighted by Crippen LogP contribution is -2.05. The molecule has 5 nitrogen and oxygen atoms in total. The van der Waals surface area contributed by atoms with E-state index in [-0.39, 0.29) is 5.92 Å². The van der Waals surface area contributed by atoms with E-state index < -0.39 is 0 Å². The average Bonchev–Trinajstić information content (AvgIpc) is 2.85. The SMILES string of the molecule is c1ccc2c(c1)NCC2c1nn[nH]n1. The molecule has 0 radical (unpaired) electrons. The Morgan fingerprint density at radius 2 is 2.21 bits per heavy atom. The molecular weight excluding hydrogens is 178 g/mol. The van der Waals surface area contributed by atoms with Crippen LogP contribution in [0, 0.1) is 0 Å². The fourth-order valence-corrected chi connectivity index (χ4v) is 1.83. The summed E-state index contributed by atoms with van der Waals surface area (Å²) in [6.07, 6.45) is 0. The fraction of sp³-hybridized carbons (Fsp3) is 0.222. The van der Waals surface area contributed by atoms with Gasteiger partial charge in [0.2, 0.25) is 0 Å². The van der Waals surface area contributed by atoms with Crippen molar-refractivity contribution < 1.29 is 0 Å². The van der Waals surface area contributed by atoms with Crippen molar-refractivity contribution >= 4 is 5.69 Å². The second-order valence-corrected chi connectivity index (χ2v) is 3.29. The van der Waals surface area contributed by atoms with Gasteiger partial charge in [-0.25, -0.2) is 0 Å². The third-order valence-corrected chi connectivity index (χ3v) is 2.51. The van der Waals surface area contributed by atoms with Gasteiger partial charge < -0.3 is 5.32 Å². The van der Waals surface area contributed by atoms with Gasteiger partial charge in [-0.1, -0.05) is 23.4 Å². The topological polar surface area (TPSA) is 66.5 Å². The summed E-state index contributed by atoms with van der Waals surface area (Å²) in [6.45, 7) is 0.846. The van der Waals surface area contributed by atoms with E-state index in [1.807, 2.05) is 12.1 Å². The zero-order valence-electron chi connectivity index (χ0n) is 7.44. The Hall–Kier alpha value is -1.91. The number of aromatic amines is 1. The molecule has 14 heavy (non-hydrogen) atoms. The molecule has 2 aromatic rings. The van der Waals surface area contributed by atoms with E-state index in [0.717, 1.165) is 12.4 Å². The first-order valence-corrected chi connectivity index (χ1v) is 4.51. The standard InChI is InChI=1S/C9H9N5/c1-2-4-8-6(3-1)7(5-10-8)9-11-13-14-12-9/h1-4,7,10H,5H2,(H,11,12,13,14). The molecule has 5 heteroatoms. The third kappa shape index (κ3) is 0.985. The van der Waals surface area contributed by atoms with Crippen LogP contribution in [0.4, 0.5) is 5.69 Å². The van der Waals surface area contributed by atoms with Gasteiger partial charge in [0.05, 0.1) is 5.92 Å². The molecule has 0 fully saturated rings. The first-order valence-electron chi connectivity index (χ1n) is 4.51. The number of benzene rings is 1. The highest BCUT2D eigenvalue weighted by molar-refractivity contribution is 5.59. The quantitative estimate of drug-likeness (QED) is 0.691. The van der Waals surface area contributed by atoms with Crippen molar-refractivity contribution in [2.75, 3.05) is 11.9 Å². The largest absolute Gasteiger partial charge is 0.384 e. The lowest BCUT2D eigenvalue weighted by Gasteiger charge is -2.02. The van der Waals surface area contributed by atoms with Crippen molar-refractivity contribution in [1.29, 1.82) is 0 Å². The highest BCUT2D eigenvalue weighted by Crippen LogP contribution is 2.33. The molecule has 0 bridgehead atoms. The number of aromatic nitrogens is 4. The lowest BCUT2D eigenvalue weighted by atomic mass is 10.0. The highest BCUT2D eigenvalue weighted by Gasteiger charge is 2.26. The maximum absolute atomic E-state index is 4.01. The number of nitrogens with zero attached hydrogens (tertiary/aromatic N) is 3. The summed E-state index contributed by atoms with van der Waals surface area (Å²) < 4.78 is 0. The van der Waals surface area contributed by atoms with Crippen LogP contribution in [0.5, 0.6) is 0 Å². The molecule has 1 aliphatic rings. The third-order valence-electron chi connectivity index (χ3n) is 2.51. The van der Waals surface area contributed by atoms with E-state index in [2.05, 4.69) is 38.1 Å². The van der Waals surface area contributed by atoms with Crippen LogP contribution >= 0.6 is 0 Å². The number of rotatable bonds is 1. The Balaban J connectivity index is 2.06. The van der Waals surface area contributed by atoms with E-state index in [1.54, 1.807) is 0 Å². The van der Waals surface area contributed by atoms with Crippen molar-refractivity contribution in [3.63, 3.8) is 0 Å². The number of anilines is 1. The van der Waals surface area contributed by atoms with Gasteiger partial charge in [-0.3, -0.25) is 0 Å². The van der Waals surface area contributed by atoms with Gasteiger partial charge in [0.1, 0.15) is 0 Å². The van der Waals surface area contributed by atoms with Gasteiger partial charge in [-0.15, -0.1) is 10.2 Å². The molecule has 70 valence electrons. The summed E-state index contributed by atoms with van der Waals surface area (Å²) in [6, 6.07) is 8.20. The molecule has 2 N–H and O–H groups in total. The van der Waals surface area contributed by atoms with Crippen molar-refractivity contribution in [2.24, 2.45) is 0 Å². The summed E-state index contributed by atoms with van der Waals surface area (Å²) in [7, 11) is 0. The van der Waals surface area contributed by atoms with Crippen LogP contribution in [-0.4, -0.2) is 27.2 Å². The number of hydrogen-bond donors (Lipinski definition) is 2. The number of hydrogen-bond acceptors (Lipinski definition) is 4. The number of H-pyrrole nitrogens is 1. The molecule has 3 rings (SSSR count). The molecular formula is C9H9N5. The number of para-hydroxylation sites is 1. The zero-order valence-corrected chi connectivity index (χ0v) is 7.44. The van der Waals surface area contributed by atoms with E-state index in [9.17, 15) is 0 Å². The van der Waals surface area contributed by atoms with Gasteiger partial charge >= 0.3 is 0 Å². The van der Waals surface area contributed by atoms with Crippen LogP contribution < -0.4 is 5.32 Å². The maximum Gasteiger partial charge on any atom is 0.183 e. The molecule has 1 unspecified atom stereocenters. The Morgan fingerprint density at radius 1 is 1.29 bits per heavy atom. The summed E-state index contributed by atoms with van der Waals surface area (Å²) in [4.78, 5) is 0. The van der Waals surface area contributed by atoms with Gasteiger partial charge in [0.25, 0.3) is 0 Å². The molecule has 0 aliphatic carbocycles. The molecule has 1 aromatic heterocycles.